The predicted octanol–water partition coefficient (Wildman–Crippen LogP) is 1.42. The van der Waals surface area contributed by atoms with Crippen molar-refractivity contribution in [2.75, 3.05) is 59.2 Å². The first-order chi connectivity index (χ1) is 12.9. The van der Waals surface area contributed by atoms with E-state index in [0.717, 1.165) is 97.3 Å². The van der Waals surface area contributed by atoms with Gasteiger partial charge in [0.1, 0.15) is 6.10 Å². The summed E-state index contributed by atoms with van der Waals surface area (Å²) in [5.41, 5.74) is 0. The molecule has 3 saturated heterocycles. The van der Waals surface area contributed by atoms with E-state index in [1.807, 2.05) is 0 Å². The number of hydrogen-bond acceptors (Lipinski definition) is 5. The van der Waals surface area contributed by atoms with Crippen molar-refractivity contribution in [2.24, 2.45) is 4.99 Å². The van der Waals surface area contributed by atoms with Crippen LogP contribution in [0.5, 0.6) is 0 Å². The Kier molecular flexibility index (Phi) is 8.45. The SMILES string of the molecule is CCNC(=NCCCOCC1CCCO1)N1CCOC(C2CCCO2)C1. The molecule has 3 aliphatic heterocycles. The normalized spacial score (nSPS) is 30.1. The second-order valence-corrected chi connectivity index (χ2v) is 7.21. The van der Waals surface area contributed by atoms with Crippen LogP contribution in [0.15, 0.2) is 4.99 Å². The van der Waals surface area contributed by atoms with Gasteiger partial charge in [0.15, 0.2) is 5.96 Å². The maximum Gasteiger partial charge on any atom is 0.194 e. The van der Waals surface area contributed by atoms with E-state index in [-0.39, 0.29) is 12.2 Å². The third kappa shape index (κ3) is 6.08. The lowest BCUT2D eigenvalue weighted by Gasteiger charge is -2.37. The van der Waals surface area contributed by atoms with Crippen molar-refractivity contribution in [2.45, 2.75) is 57.3 Å². The monoisotopic (exact) mass is 369 g/mol. The second kappa shape index (κ2) is 11.1. The van der Waals surface area contributed by atoms with Crippen molar-refractivity contribution in [3.8, 4) is 0 Å². The second-order valence-electron chi connectivity index (χ2n) is 7.21. The molecule has 1 N–H and O–H groups in total. The third-order valence-electron chi connectivity index (χ3n) is 5.14. The molecule has 3 unspecified atom stereocenters. The first kappa shape index (κ1) is 19.9. The maximum absolute atomic E-state index is 5.95. The Hall–Kier alpha value is -0.890. The Morgan fingerprint density at radius 2 is 1.96 bits per heavy atom. The van der Waals surface area contributed by atoms with E-state index < -0.39 is 0 Å². The van der Waals surface area contributed by atoms with Gasteiger partial charge in [-0.2, -0.15) is 0 Å². The van der Waals surface area contributed by atoms with E-state index in [9.17, 15) is 0 Å². The molecule has 0 saturated carbocycles. The number of aliphatic imine (C=N–C) groups is 1. The lowest BCUT2D eigenvalue weighted by molar-refractivity contribution is -0.0817. The highest BCUT2D eigenvalue weighted by atomic mass is 16.5. The fourth-order valence-corrected chi connectivity index (χ4v) is 3.76. The van der Waals surface area contributed by atoms with Gasteiger partial charge in [-0.1, -0.05) is 0 Å². The highest BCUT2D eigenvalue weighted by molar-refractivity contribution is 5.80. The minimum Gasteiger partial charge on any atom is -0.379 e. The van der Waals surface area contributed by atoms with Crippen molar-refractivity contribution in [1.82, 2.24) is 10.2 Å². The Morgan fingerprint density at radius 1 is 1.12 bits per heavy atom. The molecule has 0 radical (unpaired) electrons. The average Bonchev–Trinajstić information content (AvgIpc) is 3.37. The van der Waals surface area contributed by atoms with Crippen LogP contribution in [0.1, 0.15) is 39.0 Å². The first-order valence-electron chi connectivity index (χ1n) is 10.3. The molecule has 26 heavy (non-hydrogen) atoms. The molecule has 0 aromatic heterocycles. The van der Waals surface area contributed by atoms with Crippen molar-refractivity contribution >= 4 is 5.96 Å². The van der Waals surface area contributed by atoms with Crippen LogP contribution in [-0.4, -0.2) is 88.4 Å². The van der Waals surface area contributed by atoms with Crippen molar-refractivity contribution in [3.05, 3.63) is 0 Å². The van der Waals surface area contributed by atoms with Gasteiger partial charge in [0.2, 0.25) is 0 Å². The van der Waals surface area contributed by atoms with Gasteiger partial charge in [0, 0.05) is 46.0 Å². The van der Waals surface area contributed by atoms with E-state index >= 15 is 0 Å². The molecule has 0 aromatic carbocycles. The minimum absolute atomic E-state index is 0.157. The third-order valence-corrected chi connectivity index (χ3v) is 5.14. The summed E-state index contributed by atoms with van der Waals surface area (Å²) in [5, 5.41) is 3.42. The highest BCUT2D eigenvalue weighted by Crippen LogP contribution is 2.21. The van der Waals surface area contributed by atoms with Crippen LogP contribution in [-0.2, 0) is 18.9 Å². The van der Waals surface area contributed by atoms with Gasteiger partial charge in [-0.25, -0.2) is 0 Å². The molecular formula is C19H35N3O4. The van der Waals surface area contributed by atoms with Crippen LogP contribution < -0.4 is 5.32 Å². The molecule has 3 atom stereocenters. The summed E-state index contributed by atoms with van der Waals surface area (Å²) >= 11 is 0. The molecule has 3 rings (SSSR count). The number of nitrogens with one attached hydrogen (secondary N) is 1. The number of ether oxygens (including phenoxy) is 4. The summed E-state index contributed by atoms with van der Waals surface area (Å²) < 4.78 is 23.0. The Balaban J connectivity index is 1.39. The molecule has 7 nitrogen and oxygen atoms in total. The molecule has 3 heterocycles. The molecule has 3 aliphatic rings. The van der Waals surface area contributed by atoms with E-state index in [4.69, 9.17) is 23.9 Å². The van der Waals surface area contributed by atoms with Gasteiger partial charge in [0.05, 0.1) is 25.4 Å². The van der Waals surface area contributed by atoms with Crippen molar-refractivity contribution < 1.29 is 18.9 Å². The van der Waals surface area contributed by atoms with Crippen molar-refractivity contribution in [1.29, 1.82) is 0 Å². The smallest absolute Gasteiger partial charge is 0.194 e. The Bertz CT molecular complexity index is 423. The molecular weight excluding hydrogens is 334 g/mol. The maximum atomic E-state index is 5.95. The molecule has 7 heteroatoms. The van der Waals surface area contributed by atoms with Crippen LogP contribution in [0.4, 0.5) is 0 Å². The highest BCUT2D eigenvalue weighted by Gasteiger charge is 2.32. The predicted molar refractivity (Wildman–Crippen MR) is 101 cm³/mol. The summed E-state index contributed by atoms with van der Waals surface area (Å²) in [6.45, 7) is 9.43. The zero-order chi connectivity index (χ0) is 18.0. The van der Waals surface area contributed by atoms with Crippen LogP contribution in [0.3, 0.4) is 0 Å². The summed E-state index contributed by atoms with van der Waals surface area (Å²) in [5.74, 6) is 0.984. The number of hydrogen-bond donors (Lipinski definition) is 1. The van der Waals surface area contributed by atoms with Crippen LogP contribution in [0, 0.1) is 0 Å². The Morgan fingerprint density at radius 3 is 2.73 bits per heavy atom. The standard InChI is InChI=1S/C19H35N3O4/c1-2-20-19(21-8-5-10-23-15-16-6-3-11-24-16)22-9-13-26-18(14-22)17-7-4-12-25-17/h16-18H,2-15H2,1H3,(H,20,21). The zero-order valence-corrected chi connectivity index (χ0v) is 16.2. The van der Waals surface area contributed by atoms with Gasteiger partial charge in [-0.15, -0.1) is 0 Å². The summed E-state index contributed by atoms with van der Waals surface area (Å²) in [6.07, 6.45) is 6.18. The van der Waals surface area contributed by atoms with E-state index in [1.54, 1.807) is 0 Å². The number of rotatable bonds is 8. The first-order valence-corrected chi connectivity index (χ1v) is 10.3. The lowest BCUT2D eigenvalue weighted by Crippen LogP contribution is -2.53. The van der Waals surface area contributed by atoms with Gasteiger partial charge in [-0.3, -0.25) is 4.99 Å². The number of nitrogens with zero attached hydrogens (tertiary/aromatic N) is 2. The van der Waals surface area contributed by atoms with E-state index in [2.05, 4.69) is 17.1 Å². The topological polar surface area (TPSA) is 64.6 Å². The fraction of sp³-hybridized carbons (Fsp3) is 0.947. The molecule has 0 aromatic rings. The molecule has 0 aliphatic carbocycles. The van der Waals surface area contributed by atoms with E-state index in [0.29, 0.717) is 6.10 Å². The molecule has 0 bridgehead atoms. The van der Waals surface area contributed by atoms with Gasteiger partial charge < -0.3 is 29.2 Å². The largest absolute Gasteiger partial charge is 0.379 e. The summed E-state index contributed by atoms with van der Waals surface area (Å²) in [6, 6.07) is 0. The van der Waals surface area contributed by atoms with Gasteiger partial charge >= 0.3 is 0 Å². The molecule has 3 fully saturated rings. The van der Waals surface area contributed by atoms with Crippen LogP contribution in [0.25, 0.3) is 0 Å². The minimum atomic E-state index is 0.157. The average molecular weight is 370 g/mol. The van der Waals surface area contributed by atoms with E-state index in [1.165, 1.54) is 0 Å². The molecule has 0 amide bonds. The van der Waals surface area contributed by atoms with Gasteiger partial charge in [-0.05, 0) is 39.0 Å². The number of morpholine rings is 1. The molecule has 150 valence electrons. The van der Waals surface area contributed by atoms with Crippen LogP contribution >= 0.6 is 0 Å². The lowest BCUT2D eigenvalue weighted by atomic mass is 10.1. The fourth-order valence-electron chi connectivity index (χ4n) is 3.76. The van der Waals surface area contributed by atoms with Crippen molar-refractivity contribution in [3.63, 3.8) is 0 Å². The number of guanidine groups is 1. The summed E-state index contributed by atoms with van der Waals surface area (Å²) in [7, 11) is 0. The van der Waals surface area contributed by atoms with Crippen LogP contribution in [0.2, 0.25) is 0 Å². The molecule has 0 spiro atoms. The Labute approximate surface area is 157 Å². The zero-order valence-electron chi connectivity index (χ0n) is 16.2. The quantitative estimate of drug-likeness (QED) is 0.397. The van der Waals surface area contributed by atoms with Gasteiger partial charge in [0.25, 0.3) is 0 Å². The summed E-state index contributed by atoms with van der Waals surface area (Å²) in [4.78, 5) is 7.10.